The van der Waals surface area contributed by atoms with Gasteiger partial charge in [0.05, 0.1) is 17.3 Å². The Morgan fingerprint density at radius 1 is 1.21 bits per heavy atom. The fraction of sp³-hybridized carbons (Fsp3) is 0.667. The lowest BCUT2D eigenvalue weighted by Crippen LogP contribution is -2.41. The molecule has 1 fully saturated rings. The monoisotopic (exact) mass is 336 g/mol. The molecule has 0 aromatic carbocycles. The molecule has 136 valence electrons. The van der Waals surface area contributed by atoms with Crippen LogP contribution < -0.4 is 10.6 Å². The van der Waals surface area contributed by atoms with Crippen LogP contribution in [0.4, 0.5) is 0 Å². The first-order chi connectivity index (χ1) is 11.1. The first-order valence-electron chi connectivity index (χ1n) is 8.50. The summed E-state index contributed by atoms with van der Waals surface area (Å²) in [6.07, 6.45) is 1.73. The predicted octanol–water partition coefficient (Wildman–Crippen LogP) is 2.81. The Balaban J connectivity index is 3.04. The Bertz CT molecular complexity index is 484. The van der Waals surface area contributed by atoms with Gasteiger partial charge >= 0.3 is 7.12 Å². The number of ether oxygens (including phenoxy) is 1. The van der Waals surface area contributed by atoms with Crippen molar-refractivity contribution in [1.82, 2.24) is 10.6 Å². The minimum Gasteiger partial charge on any atom is -0.399 e. The van der Waals surface area contributed by atoms with Crippen molar-refractivity contribution >= 4 is 7.12 Å². The third-order valence-corrected chi connectivity index (χ3v) is 4.81. The van der Waals surface area contributed by atoms with Crippen LogP contribution in [0.5, 0.6) is 0 Å². The number of hydrogen-bond donors (Lipinski definition) is 2. The van der Waals surface area contributed by atoms with E-state index in [1.54, 1.807) is 13.2 Å². The van der Waals surface area contributed by atoms with Crippen LogP contribution in [0.25, 0.3) is 0 Å². The minimum absolute atomic E-state index is 0.0733. The summed E-state index contributed by atoms with van der Waals surface area (Å²) in [6.45, 7) is 21.5. The van der Waals surface area contributed by atoms with Gasteiger partial charge in [-0.25, -0.2) is 0 Å². The van der Waals surface area contributed by atoms with Crippen molar-refractivity contribution in [3.8, 4) is 0 Å². The van der Waals surface area contributed by atoms with Gasteiger partial charge in [0.15, 0.2) is 0 Å². The lowest BCUT2D eigenvalue weighted by molar-refractivity contribution is 0.00578. The Hall–Kier alpha value is -1.24. The lowest BCUT2D eigenvalue weighted by Gasteiger charge is -2.32. The van der Waals surface area contributed by atoms with E-state index in [1.165, 1.54) is 0 Å². The second-order valence-electron chi connectivity index (χ2n) is 7.02. The molecule has 6 heteroatoms. The van der Waals surface area contributed by atoms with Gasteiger partial charge in [-0.05, 0) is 47.6 Å². The van der Waals surface area contributed by atoms with E-state index in [0.29, 0.717) is 6.54 Å². The lowest BCUT2D eigenvalue weighted by atomic mass is 9.76. The number of hydrogen-bond acceptors (Lipinski definition) is 5. The van der Waals surface area contributed by atoms with E-state index >= 15 is 0 Å². The molecule has 5 nitrogen and oxygen atoms in total. The van der Waals surface area contributed by atoms with Crippen LogP contribution in [0.1, 0.15) is 41.5 Å². The minimum atomic E-state index is -0.444. The van der Waals surface area contributed by atoms with Gasteiger partial charge in [0, 0.05) is 37.1 Å². The maximum Gasteiger partial charge on any atom is 0.494 e. The molecule has 24 heavy (non-hydrogen) atoms. The summed E-state index contributed by atoms with van der Waals surface area (Å²) in [4.78, 5) is 0. The zero-order valence-corrected chi connectivity index (χ0v) is 16.3. The topological polar surface area (TPSA) is 51.8 Å². The molecule has 0 amide bonds. The molecule has 0 unspecified atom stereocenters. The van der Waals surface area contributed by atoms with E-state index in [2.05, 4.69) is 23.8 Å². The molecule has 0 bridgehead atoms. The van der Waals surface area contributed by atoms with E-state index in [4.69, 9.17) is 14.0 Å². The molecule has 1 aliphatic heterocycles. The van der Waals surface area contributed by atoms with Gasteiger partial charge in [-0.3, -0.25) is 0 Å². The Labute approximate surface area is 147 Å². The third-order valence-electron chi connectivity index (χ3n) is 4.81. The Morgan fingerprint density at radius 2 is 1.75 bits per heavy atom. The van der Waals surface area contributed by atoms with Gasteiger partial charge < -0.3 is 24.7 Å². The first kappa shape index (κ1) is 20.8. The summed E-state index contributed by atoms with van der Waals surface area (Å²) in [6, 6.07) is 0. The Morgan fingerprint density at radius 3 is 2.17 bits per heavy atom. The quantitative estimate of drug-likeness (QED) is 0.501. The second kappa shape index (κ2) is 8.23. The number of nitrogens with one attached hydrogen (secondary N) is 2. The molecule has 0 spiro atoms. The van der Waals surface area contributed by atoms with Gasteiger partial charge in [0.1, 0.15) is 0 Å². The zero-order valence-electron chi connectivity index (χ0n) is 16.3. The Kier molecular flexibility index (Phi) is 7.14. The molecule has 2 N–H and O–H groups in total. The van der Waals surface area contributed by atoms with Crippen LogP contribution in [0.3, 0.4) is 0 Å². The van der Waals surface area contributed by atoms with Crippen LogP contribution in [-0.4, -0.2) is 44.6 Å². The van der Waals surface area contributed by atoms with Crippen molar-refractivity contribution in [3.63, 3.8) is 0 Å². The number of rotatable bonds is 9. The van der Waals surface area contributed by atoms with Gasteiger partial charge in [-0.15, -0.1) is 0 Å². The van der Waals surface area contributed by atoms with Gasteiger partial charge in [0.25, 0.3) is 0 Å². The summed E-state index contributed by atoms with van der Waals surface area (Å²) < 4.78 is 17.7. The van der Waals surface area contributed by atoms with Gasteiger partial charge in [-0.1, -0.05) is 13.2 Å². The van der Waals surface area contributed by atoms with E-state index in [-0.39, 0.29) is 6.10 Å². The number of likely N-dealkylation sites (N-methyl/N-ethyl adjacent to an activating group) is 1. The third kappa shape index (κ3) is 4.65. The molecule has 1 heterocycles. The molecule has 0 saturated carbocycles. The standard InChI is InChI=1S/C18H33BN2O3/c1-10-16(20-11-2)15(12-21-13(3)14(4)22-9)19-23-17(5,6)18(7,8)24-19/h10,14,20-21H,1,3,11-12H2,2,4-9H3/t14-/m0/s1. The molecule has 1 rings (SSSR count). The van der Waals surface area contributed by atoms with Crippen molar-refractivity contribution in [2.24, 2.45) is 0 Å². The van der Waals surface area contributed by atoms with Crippen molar-refractivity contribution in [1.29, 1.82) is 0 Å². The summed E-state index contributed by atoms with van der Waals surface area (Å²) in [5.74, 6) is 0. The SMILES string of the molecule is C=CC(NCC)=C(CNC(=C)[C@H](C)OC)B1OC(C)(C)C(C)(C)O1. The van der Waals surface area contributed by atoms with Gasteiger partial charge in [-0.2, -0.15) is 0 Å². The average molecular weight is 336 g/mol. The summed E-state index contributed by atoms with van der Waals surface area (Å²) in [5.41, 5.74) is 1.92. The summed E-state index contributed by atoms with van der Waals surface area (Å²) in [5, 5.41) is 6.64. The molecule has 0 radical (unpaired) electrons. The van der Waals surface area contributed by atoms with Crippen molar-refractivity contribution in [3.05, 3.63) is 36.1 Å². The molecule has 0 aromatic heterocycles. The van der Waals surface area contributed by atoms with Crippen LogP contribution >= 0.6 is 0 Å². The predicted molar refractivity (Wildman–Crippen MR) is 101 cm³/mol. The average Bonchev–Trinajstić information content (AvgIpc) is 2.73. The molecule has 1 aliphatic rings. The van der Waals surface area contributed by atoms with Crippen LogP contribution in [0.2, 0.25) is 0 Å². The van der Waals surface area contributed by atoms with Gasteiger partial charge in [0.2, 0.25) is 0 Å². The molecule has 0 aromatic rings. The highest BCUT2D eigenvalue weighted by Gasteiger charge is 2.52. The zero-order chi connectivity index (χ0) is 18.5. The highest BCUT2D eigenvalue weighted by atomic mass is 16.7. The van der Waals surface area contributed by atoms with Crippen LogP contribution in [0.15, 0.2) is 36.1 Å². The first-order valence-corrected chi connectivity index (χ1v) is 8.50. The smallest absolute Gasteiger partial charge is 0.399 e. The van der Waals surface area contributed by atoms with E-state index in [9.17, 15) is 0 Å². The van der Waals surface area contributed by atoms with E-state index < -0.39 is 18.3 Å². The number of methoxy groups -OCH3 is 1. The normalized spacial score (nSPS) is 21.0. The second-order valence-corrected chi connectivity index (χ2v) is 7.02. The molecule has 0 aliphatic carbocycles. The van der Waals surface area contributed by atoms with E-state index in [1.807, 2.05) is 41.5 Å². The van der Waals surface area contributed by atoms with Crippen LogP contribution in [-0.2, 0) is 14.0 Å². The maximum absolute atomic E-state index is 6.21. The molecular formula is C18H33BN2O3. The molecular weight excluding hydrogens is 303 g/mol. The molecule has 1 saturated heterocycles. The van der Waals surface area contributed by atoms with Crippen molar-refractivity contribution in [2.45, 2.75) is 58.8 Å². The fourth-order valence-electron chi connectivity index (χ4n) is 2.29. The van der Waals surface area contributed by atoms with Crippen molar-refractivity contribution in [2.75, 3.05) is 20.2 Å². The van der Waals surface area contributed by atoms with Crippen molar-refractivity contribution < 1.29 is 14.0 Å². The highest BCUT2D eigenvalue weighted by Crippen LogP contribution is 2.38. The van der Waals surface area contributed by atoms with Crippen LogP contribution in [0, 0.1) is 0 Å². The fourth-order valence-corrected chi connectivity index (χ4v) is 2.29. The summed E-state index contributed by atoms with van der Waals surface area (Å²) >= 11 is 0. The highest BCUT2D eigenvalue weighted by molar-refractivity contribution is 6.55. The summed E-state index contributed by atoms with van der Waals surface area (Å²) in [7, 11) is 1.22. The number of allylic oxidation sites excluding steroid dienone is 1. The molecule has 1 atom stereocenters. The maximum atomic E-state index is 6.21. The van der Waals surface area contributed by atoms with E-state index in [0.717, 1.165) is 23.4 Å². The largest absolute Gasteiger partial charge is 0.494 e.